The molecule has 2 unspecified atom stereocenters. The summed E-state index contributed by atoms with van der Waals surface area (Å²) in [5.41, 5.74) is 1.62. The minimum absolute atomic E-state index is 0.0818. The van der Waals surface area contributed by atoms with Crippen LogP contribution in [-0.4, -0.2) is 39.7 Å². The van der Waals surface area contributed by atoms with Crippen molar-refractivity contribution in [1.29, 1.82) is 5.26 Å². The van der Waals surface area contributed by atoms with Crippen LogP contribution in [0.4, 0.5) is 11.6 Å². The van der Waals surface area contributed by atoms with Crippen LogP contribution in [0.1, 0.15) is 37.5 Å². The largest absolute Gasteiger partial charge is 0.490 e. The summed E-state index contributed by atoms with van der Waals surface area (Å²) in [6, 6.07) is 14.9. The summed E-state index contributed by atoms with van der Waals surface area (Å²) in [4.78, 5) is 30.8. The quantitative estimate of drug-likeness (QED) is 0.417. The maximum atomic E-state index is 13.6. The van der Waals surface area contributed by atoms with Gasteiger partial charge in [0.25, 0.3) is 0 Å². The van der Waals surface area contributed by atoms with Crippen LogP contribution in [-0.2, 0) is 22.6 Å². The second-order valence-electron chi connectivity index (χ2n) is 9.48. The van der Waals surface area contributed by atoms with Crippen LogP contribution in [0.25, 0.3) is 0 Å². The summed E-state index contributed by atoms with van der Waals surface area (Å²) >= 11 is 0. The Morgan fingerprint density at radius 1 is 1.14 bits per heavy atom. The highest BCUT2D eigenvalue weighted by atomic mass is 16.8. The average Bonchev–Trinajstić information content (AvgIpc) is 3.66. The molecule has 194 valence electrons. The molecule has 0 bridgehead atoms. The van der Waals surface area contributed by atoms with E-state index >= 15 is 0 Å². The summed E-state index contributed by atoms with van der Waals surface area (Å²) in [6.07, 6.45) is -0.607. The van der Waals surface area contributed by atoms with Gasteiger partial charge in [-0.25, -0.2) is 14.2 Å². The standard InChI is InChI=1S/C27H31N5O5/c1-16(2)36-22-11-10-21(12-20(22)13-28)29-25-30-26(33)32(14-18(4)23-24(35-5)37-23)27(34)31(25)15-19-8-6-17(3)7-9-19/h6-12,16,18,23-24H,14-15H2,1-5H3,(H,29,30,33)/t18-,23?,24?/m0/s1. The topological polar surface area (TPSA) is 124 Å². The van der Waals surface area contributed by atoms with E-state index in [-0.39, 0.29) is 43.5 Å². The predicted octanol–water partition coefficient (Wildman–Crippen LogP) is 3.17. The van der Waals surface area contributed by atoms with Gasteiger partial charge >= 0.3 is 11.4 Å². The molecular weight excluding hydrogens is 474 g/mol. The Labute approximate surface area is 215 Å². The molecule has 3 aromatic rings. The first-order valence-corrected chi connectivity index (χ1v) is 12.1. The highest BCUT2D eigenvalue weighted by Crippen LogP contribution is 2.30. The van der Waals surface area contributed by atoms with Crippen LogP contribution in [0.2, 0.25) is 0 Å². The van der Waals surface area contributed by atoms with Gasteiger partial charge in [-0.2, -0.15) is 10.2 Å². The molecule has 0 saturated carbocycles. The van der Waals surface area contributed by atoms with Gasteiger partial charge in [0.05, 0.1) is 18.2 Å². The fourth-order valence-corrected chi connectivity index (χ4v) is 4.07. The number of methoxy groups -OCH3 is 1. The molecule has 0 radical (unpaired) electrons. The number of nitrogens with one attached hydrogen (secondary N) is 1. The number of hydrogen-bond acceptors (Lipinski definition) is 8. The van der Waals surface area contributed by atoms with Crippen molar-refractivity contribution in [3.8, 4) is 11.8 Å². The fraction of sp³-hybridized carbons (Fsp3) is 0.407. The van der Waals surface area contributed by atoms with Gasteiger partial charge in [0.15, 0.2) is 6.29 Å². The number of epoxide rings is 1. The van der Waals surface area contributed by atoms with Crippen molar-refractivity contribution in [2.75, 3.05) is 12.4 Å². The van der Waals surface area contributed by atoms with Gasteiger partial charge in [-0.15, -0.1) is 0 Å². The van der Waals surface area contributed by atoms with Crippen LogP contribution < -0.4 is 21.4 Å². The maximum Gasteiger partial charge on any atom is 0.354 e. The normalized spacial score (nSPS) is 17.3. The first kappa shape index (κ1) is 26.1. The number of benzene rings is 2. The van der Waals surface area contributed by atoms with E-state index in [1.165, 1.54) is 4.57 Å². The zero-order valence-corrected chi connectivity index (χ0v) is 21.6. The molecule has 3 atom stereocenters. The summed E-state index contributed by atoms with van der Waals surface area (Å²) in [5.74, 6) is 0.405. The van der Waals surface area contributed by atoms with Crippen LogP contribution in [0, 0.1) is 24.2 Å². The fourth-order valence-electron chi connectivity index (χ4n) is 4.07. The Morgan fingerprint density at radius 3 is 2.49 bits per heavy atom. The van der Waals surface area contributed by atoms with Gasteiger partial charge < -0.3 is 19.5 Å². The number of anilines is 2. The second-order valence-corrected chi connectivity index (χ2v) is 9.48. The monoisotopic (exact) mass is 505 g/mol. The number of rotatable bonds is 10. The summed E-state index contributed by atoms with van der Waals surface area (Å²) in [7, 11) is 1.55. The SMILES string of the molecule is COC1OC1[C@@H](C)Cn1c(=O)nc(Nc2ccc(OC(C)C)c(C#N)c2)n(Cc2ccc(C)cc2)c1=O. The molecule has 0 amide bonds. The lowest BCUT2D eigenvalue weighted by Crippen LogP contribution is -2.44. The molecule has 10 nitrogen and oxygen atoms in total. The van der Waals surface area contributed by atoms with Gasteiger partial charge in [0, 0.05) is 25.3 Å². The number of ether oxygens (including phenoxy) is 3. The van der Waals surface area contributed by atoms with E-state index in [1.807, 2.05) is 52.0 Å². The Hall–Kier alpha value is -3.94. The lowest BCUT2D eigenvalue weighted by atomic mass is 10.1. The Kier molecular flexibility index (Phi) is 7.76. The molecule has 2 heterocycles. The van der Waals surface area contributed by atoms with Crippen molar-refractivity contribution >= 4 is 11.6 Å². The minimum atomic E-state index is -0.672. The maximum absolute atomic E-state index is 13.6. The molecule has 2 aromatic carbocycles. The lowest BCUT2D eigenvalue weighted by Gasteiger charge is -2.18. The molecule has 1 saturated heterocycles. The van der Waals surface area contributed by atoms with Gasteiger partial charge in [-0.05, 0) is 44.5 Å². The highest BCUT2D eigenvalue weighted by molar-refractivity contribution is 5.60. The minimum Gasteiger partial charge on any atom is -0.490 e. The van der Waals surface area contributed by atoms with E-state index < -0.39 is 11.4 Å². The van der Waals surface area contributed by atoms with Crippen molar-refractivity contribution in [2.45, 2.75) is 59.3 Å². The van der Waals surface area contributed by atoms with E-state index in [0.717, 1.165) is 15.7 Å². The van der Waals surface area contributed by atoms with Crippen molar-refractivity contribution in [3.05, 3.63) is 80.1 Å². The van der Waals surface area contributed by atoms with Crippen LogP contribution in [0.15, 0.2) is 52.1 Å². The van der Waals surface area contributed by atoms with Crippen LogP contribution >= 0.6 is 0 Å². The zero-order valence-electron chi connectivity index (χ0n) is 21.6. The highest BCUT2D eigenvalue weighted by Gasteiger charge is 2.43. The van der Waals surface area contributed by atoms with E-state index in [2.05, 4.69) is 16.4 Å². The number of nitriles is 1. The summed E-state index contributed by atoms with van der Waals surface area (Å²) < 4.78 is 18.9. The van der Waals surface area contributed by atoms with Crippen molar-refractivity contribution in [3.63, 3.8) is 0 Å². The third-order valence-corrected chi connectivity index (χ3v) is 6.08. The van der Waals surface area contributed by atoms with Crippen molar-refractivity contribution < 1.29 is 14.2 Å². The van der Waals surface area contributed by atoms with Crippen molar-refractivity contribution in [2.24, 2.45) is 5.92 Å². The summed E-state index contributed by atoms with van der Waals surface area (Å²) in [6.45, 7) is 7.98. The Balaban J connectivity index is 1.71. The summed E-state index contributed by atoms with van der Waals surface area (Å²) in [5, 5.41) is 12.6. The van der Waals surface area contributed by atoms with E-state index in [9.17, 15) is 14.9 Å². The predicted molar refractivity (Wildman–Crippen MR) is 138 cm³/mol. The molecule has 1 aromatic heterocycles. The molecule has 1 N–H and O–H groups in total. The third-order valence-electron chi connectivity index (χ3n) is 6.08. The van der Waals surface area contributed by atoms with Gasteiger partial charge in [-0.3, -0.25) is 4.57 Å². The smallest absolute Gasteiger partial charge is 0.354 e. The zero-order chi connectivity index (χ0) is 26.7. The van der Waals surface area contributed by atoms with Gasteiger partial charge in [0.2, 0.25) is 5.95 Å². The third kappa shape index (κ3) is 6.07. The number of aryl methyl sites for hydroxylation is 1. The molecule has 37 heavy (non-hydrogen) atoms. The molecular formula is C27H31N5O5. The van der Waals surface area contributed by atoms with Gasteiger partial charge in [0.1, 0.15) is 17.9 Å². The molecule has 1 fully saturated rings. The average molecular weight is 506 g/mol. The molecule has 1 aliphatic heterocycles. The molecule has 10 heteroatoms. The van der Waals surface area contributed by atoms with Crippen LogP contribution in [0.3, 0.4) is 0 Å². The molecule has 1 aliphatic rings. The first-order chi connectivity index (χ1) is 17.7. The van der Waals surface area contributed by atoms with Gasteiger partial charge in [-0.1, -0.05) is 36.8 Å². The van der Waals surface area contributed by atoms with Crippen molar-refractivity contribution in [1.82, 2.24) is 14.1 Å². The Morgan fingerprint density at radius 2 is 1.86 bits per heavy atom. The first-order valence-electron chi connectivity index (χ1n) is 12.1. The lowest BCUT2D eigenvalue weighted by molar-refractivity contribution is 0.0950. The number of hydrogen-bond donors (Lipinski definition) is 1. The molecule has 0 aliphatic carbocycles. The molecule has 0 spiro atoms. The van der Waals surface area contributed by atoms with E-state index in [0.29, 0.717) is 17.0 Å². The van der Waals surface area contributed by atoms with E-state index in [1.54, 1.807) is 25.3 Å². The van der Waals surface area contributed by atoms with Crippen LogP contribution in [0.5, 0.6) is 5.75 Å². The Bertz CT molecular complexity index is 1420. The number of nitrogens with zero attached hydrogens (tertiary/aromatic N) is 4. The second kappa shape index (κ2) is 11.0. The van der Waals surface area contributed by atoms with E-state index in [4.69, 9.17) is 14.2 Å². The number of aromatic nitrogens is 3. The molecule has 4 rings (SSSR count).